The molecule has 1 aromatic heterocycles. The van der Waals surface area contributed by atoms with Crippen LogP contribution in [0.1, 0.15) is 59.2 Å². The van der Waals surface area contributed by atoms with Crippen molar-refractivity contribution in [3.63, 3.8) is 0 Å². The number of likely N-dealkylation sites (tertiary alicyclic amines) is 1. The smallest absolute Gasteiger partial charge is 0.416 e. The van der Waals surface area contributed by atoms with Crippen molar-refractivity contribution in [2.24, 2.45) is 10.9 Å². The molecule has 2 saturated heterocycles. The van der Waals surface area contributed by atoms with E-state index in [0.717, 1.165) is 73.7 Å². The Kier molecular flexibility index (Phi) is 9.77. The van der Waals surface area contributed by atoms with Gasteiger partial charge < -0.3 is 19.5 Å². The number of aryl methyl sites for hydroxylation is 1. The molecular formula is C37H38F3N3O4. The molecule has 0 spiro atoms. The molecule has 0 saturated carbocycles. The van der Waals surface area contributed by atoms with Crippen molar-refractivity contribution in [2.75, 3.05) is 26.2 Å². The van der Waals surface area contributed by atoms with Gasteiger partial charge in [-0.15, -0.1) is 0 Å². The highest BCUT2D eigenvalue weighted by atomic mass is 19.4. The minimum absolute atomic E-state index is 0.0289. The molecule has 10 heteroatoms. The van der Waals surface area contributed by atoms with E-state index in [4.69, 9.17) is 9.47 Å². The van der Waals surface area contributed by atoms with E-state index in [0.29, 0.717) is 42.4 Å². The number of aliphatic imine (C=N–C) groups is 1. The van der Waals surface area contributed by atoms with Gasteiger partial charge in [0.1, 0.15) is 11.5 Å². The second kappa shape index (κ2) is 14.1. The van der Waals surface area contributed by atoms with Crippen LogP contribution >= 0.6 is 0 Å². The first-order chi connectivity index (χ1) is 22.6. The minimum Gasteiger partial charge on any atom is -0.858 e. The highest BCUT2D eigenvalue weighted by Gasteiger charge is 2.30. The lowest BCUT2D eigenvalue weighted by atomic mass is 9.95. The summed E-state index contributed by atoms with van der Waals surface area (Å²) in [5, 5.41) is 15.1. The molecule has 0 radical (unpaired) electrons. The van der Waals surface area contributed by atoms with Crippen LogP contribution in [0.2, 0.25) is 0 Å². The van der Waals surface area contributed by atoms with Gasteiger partial charge >= 0.3 is 6.18 Å². The number of carbonyl (C=O) groups is 1. The average Bonchev–Trinajstić information content (AvgIpc) is 3.08. The maximum absolute atomic E-state index is 13.2. The number of benzene rings is 3. The Morgan fingerprint density at radius 3 is 2.34 bits per heavy atom. The van der Waals surface area contributed by atoms with Crippen molar-refractivity contribution in [3.8, 4) is 11.5 Å². The number of rotatable bonds is 8. The molecule has 4 aromatic rings. The molecule has 0 aliphatic carbocycles. The van der Waals surface area contributed by atoms with Gasteiger partial charge in [-0.1, -0.05) is 12.1 Å². The largest absolute Gasteiger partial charge is 0.858 e. The van der Waals surface area contributed by atoms with E-state index in [-0.39, 0.29) is 23.7 Å². The summed E-state index contributed by atoms with van der Waals surface area (Å²) < 4.78 is 52.0. The van der Waals surface area contributed by atoms with E-state index in [1.165, 1.54) is 12.1 Å². The minimum atomic E-state index is -4.41. The summed E-state index contributed by atoms with van der Waals surface area (Å²) in [4.78, 5) is 19.4. The number of amides is 1. The third-order valence-electron chi connectivity index (χ3n) is 9.12. The van der Waals surface area contributed by atoms with Crippen molar-refractivity contribution < 1.29 is 37.1 Å². The van der Waals surface area contributed by atoms with Gasteiger partial charge in [-0.2, -0.15) is 13.2 Å². The van der Waals surface area contributed by atoms with Gasteiger partial charge in [-0.25, -0.2) is 4.57 Å². The van der Waals surface area contributed by atoms with Crippen LogP contribution in [0.5, 0.6) is 11.5 Å². The maximum atomic E-state index is 13.2. The summed E-state index contributed by atoms with van der Waals surface area (Å²) in [5.41, 5.74) is 1.34. The molecular weight excluding hydrogens is 607 g/mol. The molecule has 2 fully saturated rings. The van der Waals surface area contributed by atoms with Gasteiger partial charge in [0.15, 0.2) is 18.9 Å². The predicted molar refractivity (Wildman–Crippen MR) is 170 cm³/mol. The lowest BCUT2D eigenvalue weighted by Crippen LogP contribution is -2.44. The lowest BCUT2D eigenvalue weighted by Gasteiger charge is -2.31. The maximum Gasteiger partial charge on any atom is 0.416 e. The standard InChI is InChI=1S/C37H38F3N3O4/c1-25-33(35(44)41-22-32-4-2-3-21-46-32)14-7-27-17-18-42(24-34(25)27)23-26-15-19-43(20-16-26)36(45)28-5-10-30(11-6-28)47-31-12-8-29(9-13-31)37(38,39)40/h5-14,17-18,24,26,32H,2-4,15-16,19-23H2,1H3. The number of nitrogens with zero attached hydrogens (tertiary/aromatic N) is 3. The Morgan fingerprint density at radius 1 is 0.979 bits per heavy atom. The average molecular weight is 646 g/mol. The Morgan fingerprint density at radius 2 is 1.68 bits per heavy atom. The normalized spacial score (nSPS) is 18.0. The lowest BCUT2D eigenvalue weighted by molar-refractivity contribution is -0.702. The predicted octanol–water partition coefficient (Wildman–Crippen LogP) is 6.48. The molecule has 3 heterocycles. The topological polar surface area (TPSA) is 78.1 Å². The van der Waals surface area contributed by atoms with Crippen LogP contribution in [0.4, 0.5) is 13.2 Å². The van der Waals surface area contributed by atoms with Crippen LogP contribution < -0.4 is 14.4 Å². The van der Waals surface area contributed by atoms with Crippen molar-refractivity contribution in [1.29, 1.82) is 0 Å². The summed E-state index contributed by atoms with van der Waals surface area (Å²) in [6.45, 7) is 5.22. The third kappa shape index (κ3) is 7.93. The number of aromatic nitrogens is 1. The van der Waals surface area contributed by atoms with Gasteiger partial charge in [0.05, 0.1) is 18.2 Å². The zero-order chi connectivity index (χ0) is 33.0. The highest BCUT2D eigenvalue weighted by Crippen LogP contribution is 2.31. The van der Waals surface area contributed by atoms with Crippen LogP contribution in [-0.4, -0.2) is 49.0 Å². The zero-order valence-electron chi connectivity index (χ0n) is 26.3. The van der Waals surface area contributed by atoms with E-state index in [1.54, 1.807) is 24.3 Å². The zero-order valence-corrected chi connectivity index (χ0v) is 26.3. The quantitative estimate of drug-likeness (QED) is 0.125. The van der Waals surface area contributed by atoms with Crippen molar-refractivity contribution >= 4 is 22.6 Å². The molecule has 1 atom stereocenters. The van der Waals surface area contributed by atoms with Crippen molar-refractivity contribution in [2.45, 2.75) is 57.9 Å². The molecule has 1 amide bonds. The summed E-state index contributed by atoms with van der Waals surface area (Å²) >= 11 is 0. The molecule has 6 rings (SSSR count). The molecule has 7 nitrogen and oxygen atoms in total. The SMILES string of the molecule is Cc1c(C([O-])=NCC2CCCCO2)ccc2cc[n+](CC3CCN(C(=O)c4ccc(Oc5ccc(C(F)(F)F)cc5)cc4)CC3)cc12. The van der Waals surface area contributed by atoms with Crippen LogP contribution in [-0.2, 0) is 17.5 Å². The number of hydrogen-bond donors (Lipinski definition) is 0. The number of fused-ring (bicyclic) bond motifs is 1. The molecule has 47 heavy (non-hydrogen) atoms. The fraction of sp³-hybridized carbons (Fsp3) is 0.378. The summed E-state index contributed by atoms with van der Waals surface area (Å²) in [6, 6.07) is 17.1. The van der Waals surface area contributed by atoms with Gasteiger partial charge in [-0.3, -0.25) is 9.79 Å². The van der Waals surface area contributed by atoms with Crippen LogP contribution in [0.25, 0.3) is 10.8 Å². The van der Waals surface area contributed by atoms with E-state index in [9.17, 15) is 23.1 Å². The van der Waals surface area contributed by atoms with Gasteiger partial charge in [-0.05, 0) is 110 Å². The second-order valence-electron chi connectivity index (χ2n) is 12.4. The third-order valence-corrected chi connectivity index (χ3v) is 9.12. The summed E-state index contributed by atoms with van der Waals surface area (Å²) in [6.07, 6.45) is 4.66. The van der Waals surface area contributed by atoms with E-state index in [1.807, 2.05) is 24.0 Å². The van der Waals surface area contributed by atoms with Gasteiger partial charge in [0, 0.05) is 42.6 Å². The number of carbonyl (C=O) groups excluding carboxylic acids is 1. The van der Waals surface area contributed by atoms with E-state index >= 15 is 0 Å². The highest BCUT2D eigenvalue weighted by molar-refractivity contribution is 5.98. The fourth-order valence-electron chi connectivity index (χ4n) is 6.33. The molecule has 3 aromatic carbocycles. The Labute approximate surface area is 272 Å². The monoisotopic (exact) mass is 645 g/mol. The van der Waals surface area contributed by atoms with Gasteiger partial charge in [0.25, 0.3) is 5.91 Å². The van der Waals surface area contributed by atoms with Crippen LogP contribution in [0, 0.1) is 12.8 Å². The Bertz CT molecular complexity index is 1730. The molecule has 2 aliphatic heterocycles. The number of ether oxygens (including phenoxy) is 2. The second-order valence-corrected chi connectivity index (χ2v) is 12.4. The Balaban J connectivity index is 1.03. The fourth-order valence-corrected chi connectivity index (χ4v) is 6.33. The number of piperidine rings is 1. The first-order valence-electron chi connectivity index (χ1n) is 16.1. The molecule has 246 valence electrons. The molecule has 0 bridgehead atoms. The van der Waals surface area contributed by atoms with Crippen molar-refractivity contribution in [1.82, 2.24) is 4.90 Å². The molecule has 0 N–H and O–H groups in total. The number of pyridine rings is 1. The first-order valence-corrected chi connectivity index (χ1v) is 16.1. The number of hydrogen-bond acceptors (Lipinski definition) is 5. The van der Waals surface area contributed by atoms with Crippen LogP contribution in [0.3, 0.4) is 0 Å². The van der Waals surface area contributed by atoms with E-state index < -0.39 is 11.7 Å². The first kappa shape index (κ1) is 32.5. The van der Waals surface area contributed by atoms with Gasteiger partial charge in [0.2, 0.25) is 0 Å². The Hall–Kier alpha value is -4.44. The number of alkyl halides is 3. The van der Waals surface area contributed by atoms with Crippen LogP contribution in [0.15, 0.2) is 84.1 Å². The molecule has 1 unspecified atom stereocenters. The molecule has 2 aliphatic rings. The van der Waals surface area contributed by atoms with Crippen molar-refractivity contribution in [3.05, 3.63) is 101 Å². The summed E-state index contributed by atoms with van der Waals surface area (Å²) in [7, 11) is 0. The van der Waals surface area contributed by atoms with E-state index in [2.05, 4.69) is 28.0 Å². The number of halogens is 3. The summed E-state index contributed by atoms with van der Waals surface area (Å²) in [5.74, 6) is 0.853.